The second-order valence-electron chi connectivity index (χ2n) is 7.67. The summed E-state index contributed by atoms with van der Waals surface area (Å²) >= 11 is 3.00. The van der Waals surface area contributed by atoms with E-state index in [1.807, 2.05) is 24.4 Å². The van der Waals surface area contributed by atoms with Gasteiger partial charge in [-0.15, -0.1) is 11.3 Å². The molecule has 0 spiro atoms. The fourth-order valence-electron chi connectivity index (χ4n) is 3.70. The number of hydrogen-bond donors (Lipinski definition) is 1. The smallest absolute Gasteiger partial charge is 0.231 e. The van der Waals surface area contributed by atoms with Crippen LogP contribution in [0.4, 0.5) is 4.39 Å². The number of carbonyl (C=O) groups excluding carboxylic acids is 1. The molecule has 1 saturated heterocycles. The van der Waals surface area contributed by atoms with Gasteiger partial charge >= 0.3 is 0 Å². The lowest BCUT2D eigenvalue weighted by Crippen LogP contribution is -2.30. The molecule has 1 aliphatic heterocycles. The summed E-state index contributed by atoms with van der Waals surface area (Å²) in [5.41, 5.74) is 2.94. The lowest BCUT2D eigenvalue weighted by atomic mass is 10.1. The number of aromatic nitrogens is 2. The van der Waals surface area contributed by atoms with Gasteiger partial charge < -0.3 is 14.6 Å². The fourth-order valence-corrected chi connectivity index (χ4v) is 5.42. The number of nitrogens with zero attached hydrogens (tertiary/aromatic N) is 2. The van der Waals surface area contributed by atoms with Gasteiger partial charge in [0.2, 0.25) is 5.91 Å². The second kappa shape index (κ2) is 9.97. The molecule has 0 bridgehead atoms. The lowest BCUT2D eigenvalue weighted by molar-refractivity contribution is -0.119. The molecule has 1 aromatic carbocycles. The van der Waals surface area contributed by atoms with Crippen molar-refractivity contribution in [2.45, 2.75) is 50.5 Å². The Morgan fingerprint density at radius 1 is 1.35 bits per heavy atom. The zero-order chi connectivity index (χ0) is 21.8. The Morgan fingerprint density at radius 3 is 2.84 bits per heavy atom. The van der Waals surface area contributed by atoms with E-state index in [2.05, 4.69) is 21.8 Å². The summed E-state index contributed by atoms with van der Waals surface area (Å²) in [6.07, 6.45) is 2.36. The average molecular weight is 460 g/mol. The van der Waals surface area contributed by atoms with Crippen molar-refractivity contribution in [2.24, 2.45) is 0 Å². The summed E-state index contributed by atoms with van der Waals surface area (Å²) in [4.78, 5) is 18.5. The molecule has 164 valence electrons. The third-order valence-corrected chi connectivity index (χ3v) is 7.42. The average Bonchev–Trinajstić information content (AvgIpc) is 3.51. The molecule has 0 radical (unpaired) electrons. The highest BCUT2D eigenvalue weighted by Gasteiger charge is 2.22. The molecule has 4 rings (SSSR count). The molecule has 1 N–H and O–H groups in total. The number of hydrogen-bond acceptors (Lipinski definition) is 5. The van der Waals surface area contributed by atoms with Gasteiger partial charge in [0.1, 0.15) is 5.82 Å². The van der Waals surface area contributed by atoms with Crippen molar-refractivity contribution in [1.82, 2.24) is 14.9 Å². The van der Waals surface area contributed by atoms with Crippen molar-refractivity contribution >= 4 is 29.0 Å². The van der Waals surface area contributed by atoms with Crippen molar-refractivity contribution in [1.29, 1.82) is 0 Å². The number of ether oxygens (including phenoxy) is 1. The third-order valence-electron chi connectivity index (χ3n) is 5.50. The van der Waals surface area contributed by atoms with Crippen LogP contribution in [0.3, 0.4) is 0 Å². The first-order valence-electron chi connectivity index (χ1n) is 10.4. The van der Waals surface area contributed by atoms with E-state index in [9.17, 15) is 9.18 Å². The number of thioether (sulfide) groups is 1. The maximum absolute atomic E-state index is 13.4. The Labute approximate surface area is 190 Å². The van der Waals surface area contributed by atoms with Gasteiger partial charge in [0.05, 0.1) is 30.1 Å². The van der Waals surface area contributed by atoms with Gasteiger partial charge in [-0.25, -0.2) is 9.37 Å². The number of imidazole rings is 1. The quantitative estimate of drug-likeness (QED) is 0.488. The number of amides is 1. The van der Waals surface area contributed by atoms with Crippen molar-refractivity contribution in [3.05, 3.63) is 69.4 Å². The van der Waals surface area contributed by atoms with Gasteiger partial charge in [0.25, 0.3) is 0 Å². The van der Waals surface area contributed by atoms with E-state index >= 15 is 0 Å². The van der Waals surface area contributed by atoms with Gasteiger partial charge in [-0.2, -0.15) is 0 Å². The van der Waals surface area contributed by atoms with Crippen LogP contribution >= 0.6 is 23.1 Å². The largest absolute Gasteiger partial charge is 0.376 e. The predicted molar refractivity (Wildman–Crippen MR) is 122 cm³/mol. The molecule has 0 saturated carbocycles. The maximum atomic E-state index is 13.4. The second-order valence-corrected chi connectivity index (χ2v) is 9.59. The van der Waals surface area contributed by atoms with Crippen molar-refractivity contribution in [3.63, 3.8) is 0 Å². The van der Waals surface area contributed by atoms with Crippen LogP contribution in [0.5, 0.6) is 0 Å². The number of nitrogens with one attached hydrogen (secondary N) is 1. The minimum absolute atomic E-state index is 0.0882. The van der Waals surface area contributed by atoms with Crippen molar-refractivity contribution < 1.29 is 13.9 Å². The molecule has 8 heteroatoms. The van der Waals surface area contributed by atoms with E-state index in [1.54, 1.807) is 23.5 Å². The molecule has 2 aromatic heterocycles. The minimum Gasteiger partial charge on any atom is -0.376 e. The number of carbonyl (C=O) groups is 1. The monoisotopic (exact) mass is 459 g/mol. The van der Waals surface area contributed by atoms with E-state index in [1.165, 1.54) is 23.9 Å². The van der Waals surface area contributed by atoms with Gasteiger partial charge in [0.15, 0.2) is 5.16 Å². The Kier molecular flexibility index (Phi) is 7.09. The van der Waals surface area contributed by atoms with Crippen molar-refractivity contribution in [3.8, 4) is 0 Å². The molecule has 3 aromatic rings. The first kappa shape index (κ1) is 22.0. The summed E-state index contributed by atoms with van der Waals surface area (Å²) in [6, 6.07) is 9.90. The zero-order valence-electron chi connectivity index (χ0n) is 17.6. The van der Waals surface area contributed by atoms with Crippen LogP contribution in [0, 0.1) is 19.7 Å². The van der Waals surface area contributed by atoms with Crippen LogP contribution in [-0.4, -0.2) is 33.9 Å². The number of thiophene rings is 1. The molecule has 1 amide bonds. The topological polar surface area (TPSA) is 56.2 Å². The zero-order valence-corrected chi connectivity index (χ0v) is 19.3. The molecule has 1 fully saturated rings. The van der Waals surface area contributed by atoms with Gasteiger partial charge in [-0.3, -0.25) is 4.79 Å². The number of halogens is 1. The molecule has 0 aliphatic carbocycles. The van der Waals surface area contributed by atoms with E-state index in [0.29, 0.717) is 0 Å². The highest BCUT2D eigenvalue weighted by atomic mass is 32.2. The predicted octanol–water partition coefficient (Wildman–Crippen LogP) is 4.88. The molecule has 0 unspecified atom stereocenters. The van der Waals surface area contributed by atoms with E-state index in [4.69, 9.17) is 4.74 Å². The number of benzene rings is 1. The molecule has 5 nitrogen and oxygen atoms in total. The van der Waals surface area contributed by atoms with Crippen LogP contribution < -0.4 is 5.32 Å². The van der Waals surface area contributed by atoms with Crippen LogP contribution in [0.15, 0.2) is 46.9 Å². The standard InChI is InChI=1S/C23H26FN3O2S2/c1-15-16(2)27(13-19-5-3-11-29-19)23(25-15)31-14-21(28)26-22(20-6-4-12-30-20)17-7-9-18(24)10-8-17/h4,6-10,12,19,22H,3,5,11,13-14H2,1-2H3,(H,26,28)/t19-,22+/m1/s1. The highest BCUT2D eigenvalue weighted by Crippen LogP contribution is 2.28. The molecular weight excluding hydrogens is 433 g/mol. The molecule has 1 aliphatic rings. The maximum Gasteiger partial charge on any atom is 0.231 e. The first-order valence-corrected chi connectivity index (χ1v) is 12.2. The Balaban J connectivity index is 1.44. The molecule has 2 atom stereocenters. The summed E-state index contributed by atoms with van der Waals surface area (Å²) in [5.74, 6) is -0.126. The van der Waals surface area contributed by atoms with E-state index < -0.39 is 0 Å². The van der Waals surface area contributed by atoms with Crippen LogP contribution in [0.25, 0.3) is 0 Å². The van der Waals surface area contributed by atoms with Gasteiger partial charge in [-0.05, 0) is 55.8 Å². The van der Waals surface area contributed by atoms with Gasteiger partial charge in [-0.1, -0.05) is 30.0 Å². The summed E-state index contributed by atoms with van der Waals surface area (Å²) in [7, 11) is 0. The van der Waals surface area contributed by atoms with E-state index in [0.717, 1.165) is 53.0 Å². The normalized spacial score (nSPS) is 17.1. The van der Waals surface area contributed by atoms with Crippen molar-refractivity contribution in [2.75, 3.05) is 12.4 Å². The van der Waals surface area contributed by atoms with Crippen LogP contribution in [0.1, 0.15) is 40.7 Å². The van der Waals surface area contributed by atoms with Gasteiger partial charge in [0, 0.05) is 17.2 Å². The Hall–Kier alpha value is -2.16. The number of aryl methyl sites for hydroxylation is 1. The fraction of sp³-hybridized carbons (Fsp3) is 0.391. The van der Waals surface area contributed by atoms with E-state index in [-0.39, 0.29) is 29.6 Å². The lowest BCUT2D eigenvalue weighted by Gasteiger charge is -2.18. The summed E-state index contributed by atoms with van der Waals surface area (Å²) < 4.78 is 21.3. The SMILES string of the molecule is Cc1nc(SCC(=O)N[C@@H](c2ccc(F)cc2)c2cccs2)n(C[C@H]2CCCO2)c1C. The molecule has 31 heavy (non-hydrogen) atoms. The van der Waals surface area contributed by atoms with Crippen LogP contribution in [-0.2, 0) is 16.1 Å². The first-order chi connectivity index (χ1) is 15.0. The Morgan fingerprint density at radius 2 is 2.16 bits per heavy atom. The highest BCUT2D eigenvalue weighted by molar-refractivity contribution is 7.99. The van der Waals surface area contributed by atoms with Crippen LogP contribution in [0.2, 0.25) is 0 Å². The molecular formula is C23H26FN3O2S2. The summed E-state index contributed by atoms with van der Waals surface area (Å²) in [6.45, 7) is 5.63. The minimum atomic E-state index is -0.302. The summed E-state index contributed by atoms with van der Waals surface area (Å²) in [5, 5.41) is 5.92. The Bertz CT molecular complexity index is 1010. The third kappa shape index (κ3) is 5.37. The molecule has 3 heterocycles. The number of rotatable bonds is 8.